The number of carbonyl (C=O) groups excluding carboxylic acids is 1. The van der Waals surface area contributed by atoms with Crippen LogP contribution in [0, 0.1) is 5.92 Å². The Hall–Kier alpha value is -2.12. The summed E-state index contributed by atoms with van der Waals surface area (Å²) >= 11 is 6.19. The fourth-order valence-electron chi connectivity index (χ4n) is 4.26. The maximum atomic E-state index is 13.3. The summed E-state index contributed by atoms with van der Waals surface area (Å²) in [6.07, 6.45) is 3.28. The molecule has 0 spiro atoms. The fourth-order valence-corrected chi connectivity index (χ4v) is 4.47. The van der Waals surface area contributed by atoms with E-state index in [1.807, 2.05) is 18.2 Å². The third-order valence-electron chi connectivity index (χ3n) is 5.93. The molecule has 0 radical (unpaired) electrons. The highest BCUT2D eigenvalue weighted by molar-refractivity contribution is 6.31. The van der Waals surface area contributed by atoms with E-state index < -0.39 is 24.2 Å². The number of nitrogens with one attached hydrogen (secondary N) is 1. The van der Waals surface area contributed by atoms with Gasteiger partial charge in [0.15, 0.2) is 5.78 Å². The van der Waals surface area contributed by atoms with E-state index in [0.717, 1.165) is 16.8 Å². The summed E-state index contributed by atoms with van der Waals surface area (Å²) in [5.41, 5.74) is 2.65. The summed E-state index contributed by atoms with van der Waals surface area (Å²) in [6.45, 7) is 3.40. The molecule has 7 heteroatoms. The van der Waals surface area contributed by atoms with Crippen LogP contribution in [0.5, 0.6) is 5.75 Å². The smallest absolute Gasteiger partial charge is 0.191 e. The Bertz CT molecular complexity index is 949. The molecule has 0 amide bonds. The molecule has 4 atom stereocenters. The molecular weight excluding hydrogens is 394 g/mol. The number of aliphatic hydroxyl groups excluding tert-OH is 3. The number of ketones is 1. The number of rotatable bonds is 5. The maximum Gasteiger partial charge on any atom is 0.191 e. The highest BCUT2D eigenvalue weighted by Gasteiger charge is 2.47. The first-order chi connectivity index (χ1) is 13.7. The van der Waals surface area contributed by atoms with Crippen molar-refractivity contribution in [3.63, 3.8) is 0 Å². The standard InChI is InChI=1S/C22H24ClNO5/c1-22(2)15-8-12(29-10-18(27)17(26)9-25)4-5-13(15)20(28)19-14-7-11(23)3-6-16(14)24-21(19)22/h3-8,14,16-18,24-27H,9-10H2,1-2H3. The van der Waals surface area contributed by atoms with Gasteiger partial charge in [-0.15, -0.1) is 0 Å². The summed E-state index contributed by atoms with van der Waals surface area (Å²) < 4.78 is 5.60. The molecule has 4 unspecified atom stereocenters. The van der Waals surface area contributed by atoms with Crippen molar-refractivity contribution in [3.8, 4) is 5.75 Å². The Balaban J connectivity index is 1.66. The van der Waals surface area contributed by atoms with Gasteiger partial charge in [0.25, 0.3) is 0 Å². The molecule has 2 aliphatic carbocycles. The quantitative estimate of drug-likeness (QED) is 0.583. The number of Topliss-reactive ketones (excluding diaryl/α,β-unsaturated/α-hetero) is 1. The molecule has 0 fully saturated rings. The van der Waals surface area contributed by atoms with Gasteiger partial charge in [0.2, 0.25) is 0 Å². The van der Waals surface area contributed by atoms with Crippen LogP contribution >= 0.6 is 11.6 Å². The molecule has 1 aromatic carbocycles. The van der Waals surface area contributed by atoms with E-state index in [2.05, 4.69) is 19.2 Å². The lowest BCUT2D eigenvalue weighted by Crippen LogP contribution is -2.36. The van der Waals surface area contributed by atoms with Crippen LogP contribution < -0.4 is 10.1 Å². The van der Waals surface area contributed by atoms with Crippen molar-refractivity contribution in [2.75, 3.05) is 13.2 Å². The molecular formula is C22H24ClNO5. The van der Waals surface area contributed by atoms with E-state index in [1.54, 1.807) is 18.2 Å². The zero-order valence-corrected chi connectivity index (χ0v) is 17.0. The normalized spacial score (nSPS) is 26.1. The number of allylic oxidation sites excluding steroid dienone is 3. The summed E-state index contributed by atoms with van der Waals surface area (Å²) in [5, 5.41) is 32.3. The predicted octanol–water partition coefficient (Wildman–Crippen LogP) is 1.79. The Morgan fingerprint density at radius 1 is 1.28 bits per heavy atom. The molecule has 4 N–H and O–H groups in total. The molecule has 1 aromatic rings. The monoisotopic (exact) mass is 417 g/mol. The number of hydrogen-bond acceptors (Lipinski definition) is 6. The van der Waals surface area contributed by atoms with Crippen molar-refractivity contribution in [1.82, 2.24) is 5.32 Å². The number of fused-ring (bicyclic) bond motifs is 3. The summed E-state index contributed by atoms with van der Waals surface area (Å²) in [5.74, 6) is 0.372. The van der Waals surface area contributed by atoms with E-state index in [4.69, 9.17) is 21.4 Å². The van der Waals surface area contributed by atoms with Crippen LogP contribution in [0.1, 0.15) is 29.8 Å². The fraction of sp³-hybridized carbons (Fsp3) is 0.409. The van der Waals surface area contributed by atoms with Gasteiger partial charge in [0.1, 0.15) is 24.6 Å². The molecule has 29 heavy (non-hydrogen) atoms. The summed E-state index contributed by atoms with van der Waals surface area (Å²) in [6, 6.07) is 5.23. The van der Waals surface area contributed by atoms with Gasteiger partial charge < -0.3 is 25.4 Å². The Labute approximate surface area is 174 Å². The first kappa shape index (κ1) is 20.2. The number of halogens is 1. The van der Waals surface area contributed by atoms with Crippen molar-refractivity contribution in [2.24, 2.45) is 5.92 Å². The minimum absolute atomic E-state index is 0.00544. The minimum Gasteiger partial charge on any atom is -0.491 e. The lowest BCUT2D eigenvalue weighted by molar-refractivity contribution is -0.0339. The third kappa shape index (κ3) is 3.30. The third-order valence-corrected chi connectivity index (χ3v) is 6.18. The van der Waals surface area contributed by atoms with E-state index in [9.17, 15) is 15.0 Å². The van der Waals surface area contributed by atoms with Gasteiger partial charge in [0, 0.05) is 33.2 Å². The number of ether oxygens (including phenoxy) is 1. The van der Waals surface area contributed by atoms with Gasteiger partial charge >= 0.3 is 0 Å². The average Bonchev–Trinajstić information content (AvgIpc) is 3.09. The number of carbonyl (C=O) groups is 1. The highest BCUT2D eigenvalue weighted by Crippen LogP contribution is 2.48. The molecule has 0 aromatic heterocycles. The lowest BCUT2D eigenvalue weighted by atomic mass is 9.70. The van der Waals surface area contributed by atoms with Gasteiger partial charge in [-0.2, -0.15) is 0 Å². The van der Waals surface area contributed by atoms with Gasteiger partial charge in [-0.05, 0) is 29.8 Å². The molecule has 1 heterocycles. The predicted molar refractivity (Wildman–Crippen MR) is 109 cm³/mol. The van der Waals surface area contributed by atoms with Crippen molar-refractivity contribution < 1.29 is 24.9 Å². The van der Waals surface area contributed by atoms with E-state index in [1.165, 1.54) is 0 Å². The molecule has 4 rings (SSSR count). The zero-order valence-electron chi connectivity index (χ0n) is 16.2. The molecule has 154 valence electrons. The number of aliphatic hydroxyl groups is 3. The van der Waals surface area contributed by atoms with Gasteiger partial charge in [-0.3, -0.25) is 4.79 Å². The summed E-state index contributed by atoms with van der Waals surface area (Å²) in [7, 11) is 0. The largest absolute Gasteiger partial charge is 0.491 e. The first-order valence-corrected chi connectivity index (χ1v) is 9.97. The topological polar surface area (TPSA) is 99.0 Å². The van der Waals surface area contributed by atoms with Crippen LogP contribution in [0.4, 0.5) is 0 Å². The molecule has 6 nitrogen and oxygen atoms in total. The highest BCUT2D eigenvalue weighted by atomic mass is 35.5. The van der Waals surface area contributed by atoms with Crippen molar-refractivity contribution >= 4 is 17.4 Å². The SMILES string of the molecule is CC1(C)C2=C(C(=O)c3ccc(OCC(O)C(O)CO)cc31)C1C=C(Cl)C=CC1N2. The molecule has 3 aliphatic rings. The van der Waals surface area contributed by atoms with Gasteiger partial charge in [0.05, 0.1) is 12.6 Å². The average molecular weight is 418 g/mol. The van der Waals surface area contributed by atoms with E-state index >= 15 is 0 Å². The number of hydrogen-bond donors (Lipinski definition) is 4. The second-order valence-corrected chi connectivity index (χ2v) is 8.62. The minimum atomic E-state index is -1.27. The molecule has 1 aliphatic heterocycles. The Morgan fingerprint density at radius 2 is 2.03 bits per heavy atom. The second kappa shape index (κ2) is 7.29. The number of benzene rings is 1. The van der Waals surface area contributed by atoms with Crippen molar-refractivity contribution in [3.05, 3.63) is 63.9 Å². The maximum absolute atomic E-state index is 13.3. The van der Waals surface area contributed by atoms with Crippen LogP contribution in [0.3, 0.4) is 0 Å². The van der Waals surface area contributed by atoms with E-state index in [-0.39, 0.29) is 24.3 Å². The van der Waals surface area contributed by atoms with Crippen molar-refractivity contribution in [1.29, 1.82) is 0 Å². The van der Waals surface area contributed by atoms with Crippen molar-refractivity contribution in [2.45, 2.75) is 37.5 Å². The van der Waals surface area contributed by atoms with E-state index in [0.29, 0.717) is 16.3 Å². The molecule has 0 saturated heterocycles. The molecule has 0 bridgehead atoms. The van der Waals surface area contributed by atoms with Crippen LogP contribution in [-0.2, 0) is 5.41 Å². The van der Waals surface area contributed by atoms with Crippen LogP contribution in [-0.4, -0.2) is 52.6 Å². The second-order valence-electron chi connectivity index (χ2n) is 8.19. The van der Waals surface area contributed by atoms with Gasteiger partial charge in [-0.25, -0.2) is 0 Å². The Morgan fingerprint density at radius 3 is 2.76 bits per heavy atom. The van der Waals surface area contributed by atoms with Crippen LogP contribution in [0.25, 0.3) is 0 Å². The van der Waals surface area contributed by atoms with Gasteiger partial charge in [-0.1, -0.05) is 37.6 Å². The Kier molecular flexibility index (Phi) is 5.07. The lowest BCUT2D eigenvalue weighted by Gasteiger charge is -2.34. The zero-order chi connectivity index (χ0) is 20.9. The molecule has 0 saturated carbocycles. The summed E-state index contributed by atoms with van der Waals surface area (Å²) in [4.78, 5) is 13.3. The first-order valence-electron chi connectivity index (χ1n) is 9.59. The van der Waals surface area contributed by atoms with Crippen LogP contribution in [0.15, 0.2) is 52.7 Å². The van der Waals surface area contributed by atoms with Crippen LogP contribution in [0.2, 0.25) is 0 Å².